The summed E-state index contributed by atoms with van der Waals surface area (Å²) < 4.78 is 18.2. The lowest BCUT2D eigenvalue weighted by Gasteiger charge is -1.99. The van der Waals surface area contributed by atoms with E-state index in [2.05, 4.69) is 25.4 Å². The van der Waals surface area contributed by atoms with E-state index in [9.17, 15) is 9.18 Å². The maximum atomic E-state index is 13.0. The molecule has 3 aromatic heterocycles. The van der Waals surface area contributed by atoms with Gasteiger partial charge in [0.1, 0.15) is 5.82 Å². The number of aromatic nitrogens is 4. The van der Waals surface area contributed by atoms with Crippen LogP contribution >= 0.6 is 11.3 Å². The first kappa shape index (κ1) is 18.9. The second-order valence-corrected chi connectivity index (χ2v) is 7.35. The summed E-state index contributed by atoms with van der Waals surface area (Å²) in [4.78, 5) is 25.7. The molecule has 0 saturated heterocycles. The zero-order valence-electron chi connectivity index (χ0n) is 15.2. The van der Waals surface area contributed by atoms with Crippen molar-refractivity contribution >= 4 is 22.4 Å². The zero-order chi connectivity index (χ0) is 20.1. The van der Waals surface area contributed by atoms with Gasteiger partial charge in [0.05, 0.1) is 0 Å². The molecule has 146 valence electrons. The molecule has 1 N–H and O–H groups in total. The van der Waals surface area contributed by atoms with Crippen molar-refractivity contribution in [2.45, 2.75) is 19.3 Å². The number of aryl methyl sites for hydroxylation is 1. The van der Waals surface area contributed by atoms with Gasteiger partial charge in [-0.3, -0.25) is 9.78 Å². The first-order valence-corrected chi connectivity index (χ1v) is 9.69. The maximum Gasteiger partial charge on any atom is 0.227 e. The van der Waals surface area contributed by atoms with E-state index in [4.69, 9.17) is 4.52 Å². The van der Waals surface area contributed by atoms with Gasteiger partial charge < -0.3 is 9.84 Å². The van der Waals surface area contributed by atoms with Gasteiger partial charge in [0.2, 0.25) is 17.6 Å². The smallest absolute Gasteiger partial charge is 0.227 e. The SMILES string of the molecule is O=C(CCc1nc(-c2cccnc2)no1)Nc1ncc(Cc2ccc(F)cc2)s1. The van der Waals surface area contributed by atoms with Gasteiger partial charge in [-0.2, -0.15) is 4.98 Å². The van der Waals surface area contributed by atoms with Gasteiger partial charge in [-0.1, -0.05) is 17.3 Å². The van der Waals surface area contributed by atoms with Crippen LogP contribution in [0, 0.1) is 5.82 Å². The highest BCUT2D eigenvalue weighted by Gasteiger charge is 2.12. The molecule has 0 aliphatic heterocycles. The lowest BCUT2D eigenvalue weighted by molar-refractivity contribution is -0.116. The van der Waals surface area contributed by atoms with Crippen molar-refractivity contribution in [2.24, 2.45) is 0 Å². The Morgan fingerprint density at radius 3 is 2.83 bits per heavy atom. The summed E-state index contributed by atoms with van der Waals surface area (Å²) in [7, 11) is 0. The van der Waals surface area contributed by atoms with Crippen molar-refractivity contribution in [3.05, 3.63) is 77.1 Å². The number of rotatable bonds is 7. The molecule has 0 atom stereocenters. The number of anilines is 1. The van der Waals surface area contributed by atoms with Crippen LogP contribution in [0.2, 0.25) is 0 Å². The molecule has 7 nitrogen and oxygen atoms in total. The first-order chi connectivity index (χ1) is 14.2. The molecular formula is C20H16FN5O2S. The highest BCUT2D eigenvalue weighted by atomic mass is 32.1. The summed E-state index contributed by atoms with van der Waals surface area (Å²) in [5.41, 5.74) is 1.73. The van der Waals surface area contributed by atoms with E-state index < -0.39 is 0 Å². The van der Waals surface area contributed by atoms with Gasteiger partial charge in [-0.25, -0.2) is 9.37 Å². The van der Waals surface area contributed by atoms with Crippen LogP contribution in [0.1, 0.15) is 22.8 Å². The molecule has 0 spiro atoms. The molecule has 3 heterocycles. The van der Waals surface area contributed by atoms with E-state index >= 15 is 0 Å². The monoisotopic (exact) mass is 409 g/mol. The van der Waals surface area contributed by atoms with Crippen LogP contribution in [0.5, 0.6) is 0 Å². The number of nitrogens with one attached hydrogen (secondary N) is 1. The van der Waals surface area contributed by atoms with Crippen molar-refractivity contribution in [1.82, 2.24) is 20.1 Å². The minimum Gasteiger partial charge on any atom is -0.339 e. The number of halogens is 1. The average Bonchev–Trinajstić information content (AvgIpc) is 3.38. The predicted octanol–water partition coefficient (Wildman–Crippen LogP) is 3.89. The van der Waals surface area contributed by atoms with Gasteiger partial charge in [0.15, 0.2) is 5.13 Å². The fraction of sp³-hybridized carbons (Fsp3) is 0.150. The topological polar surface area (TPSA) is 93.8 Å². The molecule has 1 aromatic carbocycles. The highest BCUT2D eigenvalue weighted by Crippen LogP contribution is 2.22. The zero-order valence-corrected chi connectivity index (χ0v) is 16.0. The standard InChI is InChI=1S/C20H16FN5O2S/c21-15-5-3-13(4-6-15)10-16-12-23-20(29-16)24-17(27)7-8-18-25-19(26-28-18)14-2-1-9-22-11-14/h1-6,9,11-12H,7-8,10H2,(H,23,24,27). The van der Waals surface area contributed by atoms with Crippen LogP contribution in [0.4, 0.5) is 9.52 Å². The third kappa shape index (κ3) is 5.08. The molecule has 0 unspecified atom stereocenters. The van der Waals surface area contributed by atoms with Crippen LogP contribution in [0.15, 0.2) is 59.5 Å². The molecule has 4 rings (SSSR count). The lowest BCUT2D eigenvalue weighted by Crippen LogP contribution is -2.12. The molecular weight excluding hydrogens is 393 g/mol. The molecule has 0 fully saturated rings. The molecule has 0 aliphatic carbocycles. The number of hydrogen-bond acceptors (Lipinski definition) is 7. The van der Waals surface area contributed by atoms with E-state index in [0.717, 1.165) is 16.0 Å². The molecule has 0 aliphatic rings. The molecule has 29 heavy (non-hydrogen) atoms. The summed E-state index contributed by atoms with van der Waals surface area (Å²) in [5.74, 6) is 0.377. The lowest BCUT2D eigenvalue weighted by atomic mass is 10.1. The van der Waals surface area contributed by atoms with Crippen LogP contribution < -0.4 is 5.32 Å². The Labute approximate surface area is 169 Å². The van der Waals surface area contributed by atoms with Crippen molar-refractivity contribution in [3.8, 4) is 11.4 Å². The van der Waals surface area contributed by atoms with E-state index in [1.54, 1.807) is 36.8 Å². The largest absolute Gasteiger partial charge is 0.339 e. The quantitative estimate of drug-likeness (QED) is 0.498. The Morgan fingerprint density at radius 1 is 1.17 bits per heavy atom. The Hall–Kier alpha value is -3.46. The van der Waals surface area contributed by atoms with Crippen molar-refractivity contribution in [1.29, 1.82) is 0 Å². The average molecular weight is 409 g/mol. The van der Waals surface area contributed by atoms with Gasteiger partial charge in [-0.15, -0.1) is 11.3 Å². The number of amides is 1. The molecule has 4 aromatic rings. The molecule has 0 radical (unpaired) electrons. The predicted molar refractivity (Wildman–Crippen MR) is 106 cm³/mol. The number of hydrogen-bond donors (Lipinski definition) is 1. The maximum absolute atomic E-state index is 13.0. The third-order valence-corrected chi connectivity index (χ3v) is 4.96. The van der Waals surface area contributed by atoms with Crippen molar-refractivity contribution in [3.63, 3.8) is 0 Å². The van der Waals surface area contributed by atoms with Crippen LogP contribution in [-0.2, 0) is 17.6 Å². The van der Waals surface area contributed by atoms with Crippen LogP contribution in [-0.4, -0.2) is 26.0 Å². The molecule has 1 amide bonds. The van der Waals surface area contributed by atoms with Crippen molar-refractivity contribution in [2.75, 3.05) is 5.32 Å². The van der Waals surface area contributed by atoms with E-state index in [1.807, 2.05) is 6.07 Å². The Morgan fingerprint density at radius 2 is 2.03 bits per heavy atom. The molecule has 0 bridgehead atoms. The minimum atomic E-state index is -0.264. The van der Waals surface area contributed by atoms with Crippen LogP contribution in [0.3, 0.4) is 0 Å². The van der Waals surface area contributed by atoms with Gasteiger partial charge in [0.25, 0.3) is 0 Å². The number of thiazole rings is 1. The normalized spacial score (nSPS) is 10.8. The number of carbonyl (C=O) groups is 1. The summed E-state index contributed by atoms with van der Waals surface area (Å²) in [6.07, 6.45) is 6.18. The van der Waals surface area contributed by atoms with Gasteiger partial charge in [0, 0.05) is 48.3 Å². The minimum absolute atomic E-state index is 0.186. The second kappa shape index (κ2) is 8.70. The summed E-state index contributed by atoms with van der Waals surface area (Å²) in [6, 6.07) is 9.94. The fourth-order valence-electron chi connectivity index (χ4n) is 2.62. The Bertz CT molecular complexity index is 1100. The van der Waals surface area contributed by atoms with Gasteiger partial charge >= 0.3 is 0 Å². The Balaban J connectivity index is 1.28. The van der Waals surface area contributed by atoms with E-state index in [0.29, 0.717) is 29.7 Å². The number of benzene rings is 1. The van der Waals surface area contributed by atoms with Crippen LogP contribution in [0.25, 0.3) is 11.4 Å². The Kier molecular flexibility index (Phi) is 5.66. The number of nitrogens with zero attached hydrogens (tertiary/aromatic N) is 4. The van der Waals surface area contributed by atoms with E-state index in [-0.39, 0.29) is 18.1 Å². The second-order valence-electron chi connectivity index (χ2n) is 6.24. The van der Waals surface area contributed by atoms with E-state index in [1.165, 1.54) is 23.5 Å². The first-order valence-electron chi connectivity index (χ1n) is 8.88. The van der Waals surface area contributed by atoms with Crippen molar-refractivity contribution < 1.29 is 13.7 Å². The number of pyridine rings is 1. The molecule has 9 heteroatoms. The molecule has 0 saturated carbocycles. The third-order valence-electron chi connectivity index (χ3n) is 4.05. The summed E-state index contributed by atoms with van der Waals surface area (Å²) >= 11 is 1.39. The summed E-state index contributed by atoms with van der Waals surface area (Å²) in [5, 5.41) is 7.20. The number of carbonyl (C=O) groups excluding carboxylic acids is 1. The van der Waals surface area contributed by atoms with Gasteiger partial charge in [-0.05, 0) is 29.8 Å². The fourth-order valence-corrected chi connectivity index (χ4v) is 3.48. The highest BCUT2D eigenvalue weighted by molar-refractivity contribution is 7.15. The summed E-state index contributed by atoms with van der Waals surface area (Å²) in [6.45, 7) is 0.